The third-order valence-electron chi connectivity index (χ3n) is 2.80. The highest BCUT2D eigenvalue weighted by molar-refractivity contribution is 9.10. The molecule has 2 aromatic rings. The molecule has 3 rings (SSSR count). The maximum atomic E-state index is 11.4. The van der Waals surface area contributed by atoms with Gasteiger partial charge in [-0.05, 0) is 25.0 Å². The zero-order valence-corrected chi connectivity index (χ0v) is 11.6. The van der Waals surface area contributed by atoms with Crippen molar-refractivity contribution in [2.24, 2.45) is 5.92 Å². The largest absolute Gasteiger partial charge is 0.455 e. The zero-order valence-electron chi connectivity index (χ0n) is 10.0. The molecule has 1 aliphatic rings. The predicted octanol–water partition coefficient (Wildman–Crippen LogP) is 2.95. The van der Waals surface area contributed by atoms with Crippen LogP contribution in [0.4, 0.5) is 0 Å². The molecule has 19 heavy (non-hydrogen) atoms. The molecule has 1 heterocycles. The Bertz CT molecular complexity index is 607. The highest BCUT2D eigenvalue weighted by Gasteiger charge is 2.31. The molecule has 98 valence electrons. The lowest BCUT2D eigenvalue weighted by molar-refractivity contribution is -0.147. The maximum Gasteiger partial charge on any atom is 0.309 e. The van der Waals surface area contributed by atoms with E-state index >= 15 is 0 Å². The molecule has 0 radical (unpaired) electrons. The lowest BCUT2D eigenvalue weighted by Gasteiger charge is -1.98. The number of ether oxygens (including phenoxy) is 1. The van der Waals surface area contributed by atoms with E-state index in [0.717, 1.165) is 22.9 Å². The van der Waals surface area contributed by atoms with E-state index in [9.17, 15) is 4.79 Å². The fourth-order valence-corrected chi connectivity index (χ4v) is 2.03. The van der Waals surface area contributed by atoms with Gasteiger partial charge in [-0.2, -0.15) is 4.98 Å². The Hall–Kier alpha value is -1.69. The summed E-state index contributed by atoms with van der Waals surface area (Å²) in [5.74, 6) is 0.692. The van der Waals surface area contributed by atoms with Gasteiger partial charge in [-0.15, -0.1) is 0 Å². The van der Waals surface area contributed by atoms with Crippen LogP contribution in [0.15, 0.2) is 33.3 Å². The summed E-state index contributed by atoms with van der Waals surface area (Å²) in [6, 6.07) is 7.59. The summed E-state index contributed by atoms with van der Waals surface area (Å²) in [4.78, 5) is 15.6. The van der Waals surface area contributed by atoms with Gasteiger partial charge in [0.15, 0.2) is 6.61 Å². The van der Waals surface area contributed by atoms with Crippen molar-refractivity contribution in [2.75, 3.05) is 0 Å². The van der Waals surface area contributed by atoms with Crippen molar-refractivity contribution in [1.29, 1.82) is 0 Å². The Morgan fingerprint density at radius 2 is 2.32 bits per heavy atom. The summed E-state index contributed by atoms with van der Waals surface area (Å²) in [6.07, 6.45) is 1.85. The van der Waals surface area contributed by atoms with E-state index in [-0.39, 0.29) is 18.5 Å². The van der Waals surface area contributed by atoms with Gasteiger partial charge < -0.3 is 9.26 Å². The molecule has 6 heteroatoms. The number of carbonyl (C=O) groups is 1. The van der Waals surface area contributed by atoms with Gasteiger partial charge >= 0.3 is 5.97 Å². The molecular weight excluding hydrogens is 312 g/mol. The summed E-state index contributed by atoms with van der Waals surface area (Å²) in [5.41, 5.74) is 0.845. The van der Waals surface area contributed by atoms with Crippen LogP contribution in [0.3, 0.4) is 0 Å². The van der Waals surface area contributed by atoms with E-state index in [1.54, 1.807) is 0 Å². The molecule has 1 aliphatic carbocycles. The monoisotopic (exact) mass is 322 g/mol. The van der Waals surface area contributed by atoms with Gasteiger partial charge in [0.1, 0.15) is 0 Å². The second-order valence-electron chi connectivity index (χ2n) is 4.40. The number of carbonyl (C=O) groups excluding carboxylic acids is 1. The second-order valence-corrected chi connectivity index (χ2v) is 5.32. The third-order valence-corrected chi connectivity index (χ3v) is 3.29. The third kappa shape index (κ3) is 3.01. The van der Waals surface area contributed by atoms with Gasteiger partial charge in [0, 0.05) is 10.0 Å². The van der Waals surface area contributed by atoms with Crippen LogP contribution in [-0.4, -0.2) is 16.1 Å². The first-order valence-electron chi connectivity index (χ1n) is 5.97. The first-order valence-corrected chi connectivity index (χ1v) is 6.77. The molecular formula is C13H11BrN2O3. The van der Waals surface area contributed by atoms with E-state index in [2.05, 4.69) is 26.1 Å². The van der Waals surface area contributed by atoms with Crippen LogP contribution in [0.1, 0.15) is 18.7 Å². The molecule has 0 bridgehead atoms. The van der Waals surface area contributed by atoms with Crippen LogP contribution in [0.25, 0.3) is 11.4 Å². The number of aromatic nitrogens is 2. The van der Waals surface area contributed by atoms with Crippen molar-refractivity contribution in [3.63, 3.8) is 0 Å². The average molecular weight is 323 g/mol. The molecule has 0 saturated heterocycles. The van der Waals surface area contributed by atoms with Crippen LogP contribution in [-0.2, 0) is 16.1 Å². The summed E-state index contributed by atoms with van der Waals surface area (Å²) in [5, 5.41) is 3.87. The molecule has 0 aliphatic heterocycles. The first-order chi connectivity index (χ1) is 9.22. The fourth-order valence-electron chi connectivity index (χ4n) is 1.63. The average Bonchev–Trinajstić information content (AvgIpc) is 3.15. The van der Waals surface area contributed by atoms with E-state index in [4.69, 9.17) is 9.26 Å². The van der Waals surface area contributed by atoms with E-state index in [1.807, 2.05) is 24.3 Å². The number of rotatable bonds is 4. The summed E-state index contributed by atoms with van der Waals surface area (Å²) >= 11 is 3.38. The Morgan fingerprint density at radius 1 is 1.47 bits per heavy atom. The van der Waals surface area contributed by atoms with E-state index in [0.29, 0.717) is 11.7 Å². The number of hydrogen-bond acceptors (Lipinski definition) is 5. The highest BCUT2D eigenvalue weighted by Crippen LogP contribution is 2.30. The smallest absolute Gasteiger partial charge is 0.309 e. The molecule has 0 N–H and O–H groups in total. The summed E-state index contributed by atoms with van der Waals surface area (Å²) < 4.78 is 11.1. The minimum absolute atomic E-state index is 0.0380. The molecule has 0 atom stereocenters. The molecule has 5 nitrogen and oxygen atoms in total. The van der Waals surface area contributed by atoms with Crippen molar-refractivity contribution < 1.29 is 14.1 Å². The molecule has 1 fully saturated rings. The topological polar surface area (TPSA) is 65.2 Å². The summed E-state index contributed by atoms with van der Waals surface area (Å²) in [6.45, 7) is 0.0380. The van der Waals surface area contributed by atoms with Crippen molar-refractivity contribution in [3.8, 4) is 11.4 Å². The Labute approximate surface area is 118 Å². The quantitative estimate of drug-likeness (QED) is 0.810. The molecule has 0 spiro atoms. The number of esters is 1. The summed E-state index contributed by atoms with van der Waals surface area (Å²) in [7, 11) is 0. The van der Waals surface area contributed by atoms with E-state index < -0.39 is 0 Å². The highest BCUT2D eigenvalue weighted by atomic mass is 79.9. The first kappa shape index (κ1) is 12.3. The number of hydrogen-bond donors (Lipinski definition) is 0. The lowest BCUT2D eigenvalue weighted by atomic mass is 10.2. The van der Waals surface area contributed by atoms with Crippen LogP contribution in [0, 0.1) is 5.92 Å². The van der Waals surface area contributed by atoms with Crippen molar-refractivity contribution >= 4 is 21.9 Å². The molecule has 1 saturated carbocycles. The number of halogens is 1. The van der Waals surface area contributed by atoms with Gasteiger partial charge in [0.2, 0.25) is 5.82 Å². The van der Waals surface area contributed by atoms with Crippen LogP contribution in [0.2, 0.25) is 0 Å². The number of nitrogens with zero attached hydrogens (tertiary/aromatic N) is 2. The zero-order chi connectivity index (χ0) is 13.2. The maximum absolute atomic E-state index is 11.4. The van der Waals surface area contributed by atoms with Gasteiger partial charge in [-0.1, -0.05) is 33.2 Å². The van der Waals surface area contributed by atoms with Crippen molar-refractivity contribution in [2.45, 2.75) is 19.4 Å². The Morgan fingerprint density at radius 3 is 3.05 bits per heavy atom. The molecule has 0 unspecified atom stereocenters. The Kier molecular flexibility index (Phi) is 3.33. The van der Waals surface area contributed by atoms with Crippen molar-refractivity contribution in [3.05, 3.63) is 34.6 Å². The molecule has 1 aromatic heterocycles. The minimum Gasteiger partial charge on any atom is -0.455 e. The fraction of sp³-hybridized carbons (Fsp3) is 0.308. The van der Waals surface area contributed by atoms with Crippen LogP contribution < -0.4 is 0 Å². The molecule has 0 amide bonds. The lowest BCUT2D eigenvalue weighted by Crippen LogP contribution is -2.06. The van der Waals surface area contributed by atoms with E-state index in [1.165, 1.54) is 0 Å². The van der Waals surface area contributed by atoms with Gasteiger partial charge in [0.25, 0.3) is 5.89 Å². The minimum atomic E-state index is -0.179. The van der Waals surface area contributed by atoms with Crippen LogP contribution >= 0.6 is 15.9 Å². The normalized spacial score (nSPS) is 14.4. The molecule has 1 aromatic carbocycles. The Balaban J connectivity index is 1.67. The standard InChI is InChI=1S/C13H11BrN2O3/c14-10-3-1-2-9(6-10)12-15-11(19-16-12)7-18-13(17)8-4-5-8/h1-3,6,8H,4-5,7H2. The second kappa shape index (κ2) is 5.13. The van der Waals surface area contributed by atoms with Gasteiger partial charge in [-0.25, -0.2) is 0 Å². The predicted molar refractivity (Wildman–Crippen MR) is 70.0 cm³/mol. The van der Waals surface area contributed by atoms with Crippen molar-refractivity contribution in [1.82, 2.24) is 10.1 Å². The van der Waals surface area contributed by atoms with Gasteiger partial charge in [-0.3, -0.25) is 4.79 Å². The number of benzene rings is 1. The van der Waals surface area contributed by atoms with Crippen LogP contribution in [0.5, 0.6) is 0 Å². The van der Waals surface area contributed by atoms with Gasteiger partial charge in [0.05, 0.1) is 5.92 Å². The SMILES string of the molecule is O=C(OCc1nc(-c2cccc(Br)c2)no1)C1CC1.